The van der Waals surface area contributed by atoms with Crippen molar-refractivity contribution < 1.29 is 10.0 Å². The topological polar surface area (TPSA) is 122 Å². The molecule has 2 aromatic rings. The second-order valence-corrected chi connectivity index (χ2v) is 2.06. The summed E-state index contributed by atoms with van der Waals surface area (Å²) in [7, 11) is 0. The summed E-state index contributed by atoms with van der Waals surface area (Å²) in [5, 5.41) is 31.2. The smallest absolute Gasteiger partial charge is 0.401 e. The van der Waals surface area contributed by atoms with Crippen molar-refractivity contribution in [1.82, 2.24) is 24.8 Å². The lowest BCUT2D eigenvalue weighted by molar-refractivity contribution is -0.405. The van der Waals surface area contributed by atoms with Crippen molar-refractivity contribution in [2.45, 2.75) is 0 Å². The van der Waals surface area contributed by atoms with Crippen LogP contribution in [-0.4, -0.2) is 29.7 Å². The van der Waals surface area contributed by atoms with Gasteiger partial charge in [0.1, 0.15) is 6.33 Å². The van der Waals surface area contributed by atoms with Crippen molar-refractivity contribution in [3.05, 3.63) is 16.4 Å². The minimum atomic E-state index is -0.937. The van der Waals surface area contributed by atoms with Gasteiger partial charge in [0.2, 0.25) is 0 Å². The van der Waals surface area contributed by atoms with E-state index in [4.69, 9.17) is 0 Å². The van der Waals surface area contributed by atoms with Gasteiger partial charge in [0.15, 0.2) is 0 Å². The molecule has 0 aliphatic heterocycles. The van der Waals surface area contributed by atoms with E-state index in [1.807, 2.05) is 0 Å². The molecule has 2 heterocycles. The maximum atomic E-state index is 11.1. The molecule has 2 aromatic heterocycles. The molecule has 0 aromatic carbocycles. The molecule has 0 saturated heterocycles. The highest BCUT2D eigenvalue weighted by atomic mass is 16.6. The van der Waals surface area contributed by atoms with Crippen LogP contribution in [0.5, 0.6) is 5.88 Å². The highest BCUT2D eigenvalue weighted by Gasteiger charge is 2.14. The third-order valence-electron chi connectivity index (χ3n) is 1.32. The van der Waals surface area contributed by atoms with Gasteiger partial charge in [-0.1, -0.05) is 0 Å². The summed E-state index contributed by atoms with van der Waals surface area (Å²) in [6.45, 7) is 0. The van der Waals surface area contributed by atoms with Crippen molar-refractivity contribution in [3.8, 4) is 5.88 Å². The van der Waals surface area contributed by atoms with Gasteiger partial charge in [-0.15, -0.1) is 0 Å². The lowest BCUT2D eigenvalue weighted by atomic mass is 10.7. The van der Waals surface area contributed by atoms with Crippen molar-refractivity contribution in [2.24, 2.45) is 0 Å². The average molecular weight is 181 g/mol. The van der Waals surface area contributed by atoms with Crippen LogP contribution in [0.4, 0.5) is 5.82 Å². The number of rotatable bonds is 1. The first-order valence-corrected chi connectivity index (χ1v) is 3.08. The molecule has 0 aliphatic rings. The standard InChI is InChI=1S/C4H2N6O3/c11-3-2(10(12)13)7-8-4-5-1-6-9(3)4/h1,11H/p-1. The zero-order valence-electron chi connectivity index (χ0n) is 5.99. The first-order chi connectivity index (χ1) is 6.20. The SMILES string of the molecule is O=[N+]([O-])c1nnc2ncnn2c1[O-]. The fraction of sp³-hybridized carbons (Fsp3) is 0. The van der Waals surface area contributed by atoms with Gasteiger partial charge < -0.3 is 15.2 Å². The Hall–Kier alpha value is -2.32. The van der Waals surface area contributed by atoms with Gasteiger partial charge in [0.25, 0.3) is 5.78 Å². The average Bonchev–Trinajstić information content (AvgIpc) is 2.52. The lowest BCUT2D eigenvalue weighted by Gasteiger charge is -2.04. The van der Waals surface area contributed by atoms with E-state index in [-0.39, 0.29) is 5.78 Å². The third kappa shape index (κ3) is 0.937. The lowest BCUT2D eigenvalue weighted by Crippen LogP contribution is -2.09. The van der Waals surface area contributed by atoms with Crippen molar-refractivity contribution >= 4 is 11.6 Å². The molecule has 0 N–H and O–H groups in total. The van der Waals surface area contributed by atoms with Crippen LogP contribution < -0.4 is 5.11 Å². The fourth-order valence-electron chi connectivity index (χ4n) is 0.791. The Morgan fingerprint density at radius 3 is 2.92 bits per heavy atom. The largest absolute Gasteiger partial charge is 0.853 e. The molecule has 0 atom stereocenters. The van der Waals surface area contributed by atoms with Crippen molar-refractivity contribution in [2.75, 3.05) is 0 Å². The van der Waals surface area contributed by atoms with E-state index in [1.54, 1.807) is 0 Å². The molecule has 2 rings (SSSR count). The maximum absolute atomic E-state index is 11.1. The second-order valence-electron chi connectivity index (χ2n) is 2.06. The summed E-state index contributed by atoms with van der Waals surface area (Å²) < 4.78 is 0.713. The Morgan fingerprint density at radius 1 is 1.46 bits per heavy atom. The van der Waals surface area contributed by atoms with Gasteiger partial charge in [-0.05, 0) is 4.92 Å². The van der Waals surface area contributed by atoms with Gasteiger partial charge in [0.05, 0.1) is 11.0 Å². The minimum Gasteiger partial charge on any atom is -0.853 e. The third-order valence-corrected chi connectivity index (χ3v) is 1.32. The zero-order chi connectivity index (χ0) is 9.42. The number of nitrogens with zero attached hydrogens (tertiary/aromatic N) is 6. The minimum absolute atomic E-state index is 0.0596. The van der Waals surface area contributed by atoms with Gasteiger partial charge in [-0.2, -0.15) is 10.1 Å². The van der Waals surface area contributed by atoms with E-state index < -0.39 is 16.6 Å². The molecule has 9 heteroatoms. The summed E-state index contributed by atoms with van der Waals surface area (Å²) in [6, 6.07) is 0. The predicted octanol–water partition coefficient (Wildman–Crippen LogP) is -1.50. The predicted molar refractivity (Wildman–Crippen MR) is 34.7 cm³/mol. The summed E-state index contributed by atoms with van der Waals surface area (Å²) in [6.07, 6.45) is 1.06. The summed E-state index contributed by atoms with van der Waals surface area (Å²) >= 11 is 0. The van der Waals surface area contributed by atoms with Gasteiger partial charge in [-0.25, -0.2) is 4.52 Å². The van der Waals surface area contributed by atoms with Crippen LogP contribution in [0.1, 0.15) is 0 Å². The molecule has 0 bridgehead atoms. The van der Waals surface area contributed by atoms with Gasteiger partial charge >= 0.3 is 5.82 Å². The van der Waals surface area contributed by atoms with Crippen LogP contribution in [0.3, 0.4) is 0 Å². The summed E-state index contributed by atoms with van der Waals surface area (Å²) in [4.78, 5) is 12.8. The molecule has 13 heavy (non-hydrogen) atoms. The molecule has 0 spiro atoms. The van der Waals surface area contributed by atoms with E-state index in [2.05, 4.69) is 20.3 Å². The monoisotopic (exact) mass is 181 g/mol. The highest BCUT2D eigenvalue weighted by Crippen LogP contribution is 2.16. The second kappa shape index (κ2) is 2.33. The van der Waals surface area contributed by atoms with Crippen LogP contribution in [-0.2, 0) is 0 Å². The fourth-order valence-corrected chi connectivity index (χ4v) is 0.791. The van der Waals surface area contributed by atoms with E-state index in [0.717, 1.165) is 6.33 Å². The Balaban J connectivity index is 2.80. The number of fused-ring (bicyclic) bond motifs is 1. The van der Waals surface area contributed by atoms with Crippen LogP contribution in [0, 0.1) is 10.1 Å². The molecule has 0 aliphatic carbocycles. The van der Waals surface area contributed by atoms with Crippen LogP contribution in [0.15, 0.2) is 6.33 Å². The molecular weight excluding hydrogens is 180 g/mol. The number of hydrogen-bond donors (Lipinski definition) is 0. The van der Waals surface area contributed by atoms with E-state index in [9.17, 15) is 15.2 Å². The molecule has 66 valence electrons. The molecule has 0 amide bonds. The molecule has 0 fully saturated rings. The quantitative estimate of drug-likeness (QED) is 0.387. The van der Waals surface area contributed by atoms with Crippen molar-refractivity contribution in [1.29, 1.82) is 0 Å². The zero-order valence-corrected chi connectivity index (χ0v) is 5.99. The molecular formula is C4HN6O3-. The Morgan fingerprint density at radius 2 is 2.23 bits per heavy atom. The molecule has 9 nitrogen and oxygen atoms in total. The first kappa shape index (κ1) is 7.34. The Labute approximate surface area is 69.8 Å². The molecule has 0 unspecified atom stereocenters. The van der Waals surface area contributed by atoms with Crippen LogP contribution >= 0.6 is 0 Å². The number of aromatic nitrogens is 5. The van der Waals surface area contributed by atoms with Crippen LogP contribution in [0.2, 0.25) is 0 Å². The maximum Gasteiger partial charge on any atom is 0.401 e. The highest BCUT2D eigenvalue weighted by molar-refractivity contribution is 5.36. The molecule has 0 saturated carbocycles. The first-order valence-electron chi connectivity index (χ1n) is 3.08. The van der Waals surface area contributed by atoms with Crippen LogP contribution in [0.25, 0.3) is 5.78 Å². The summed E-state index contributed by atoms with van der Waals surface area (Å²) in [5.41, 5.74) is 0. The number of hydrogen-bond acceptors (Lipinski definition) is 7. The Kier molecular flexibility index (Phi) is 1.32. The summed E-state index contributed by atoms with van der Waals surface area (Å²) in [5.74, 6) is -1.86. The molecule has 0 radical (unpaired) electrons. The Bertz CT molecular complexity index is 478. The van der Waals surface area contributed by atoms with E-state index >= 15 is 0 Å². The number of nitro groups is 1. The normalized spacial score (nSPS) is 10.5. The van der Waals surface area contributed by atoms with Gasteiger partial charge in [0, 0.05) is 5.10 Å². The van der Waals surface area contributed by atoms with Gasteiger partial charge in [-0.3, -0.25) is 0 Å². The van der Waals surface area contributed by atoms with Crippen molar-refractivity contribution in [3.63, 3.8) is 0 Å². The van der Waals surface area contributed by atoms with E-state index in [1.165, 1.54) is 0 Å². The van der Waals surface area contributed by atoms with E-state index in [0.29, 0.717) is 4.52 Å².